The Morgan fingerprint density at radius 3 is 2.83 bits per heavy atom. The maximum absolute atomic E-state index is 11.3. The van der Waals surface area contributed by atoms with Gasteiger partial charge in [0, 0.05) is 18.3 Å². The molecule has 1 aliphatic rings. The molecule has 0 saturated heterocycles. The molecule has 3 unspecified atom stereocenters. The third kappa shape index (κ3) is 2.75. The maximum atomic E-state index is 11.3. The molecule has 0 bridgehead atoms. The van der Waals surface area contributed by atoms with Crippen LogP contribution < -0.4 is 5.32 Å². The highest BCUT2D eigenvalue weighted by atomic mass is 16.5. The van der Waals surface area contributed by atoms with E-state index in [0.29, 0.717) is 11.7 Å². The van der Waals surface area contributed by atoms with Crippen molar-refractivity contribution < 1.29 is 9.53 Å². The number of aromatic amines is 1. The molecule has 1 aromatic rings. The van der Waals surface area contributed by atoms with Crippen LogP contribution >= 0.6 is 0 Å². The quantitative estimate of drug-likeness (QED) is 0.806. The SMILES string of the molecule is COC(=O)c1ccc(CNC2CCC(C)C2C)[nH]1. The van der Waals surface area contributed by atoms with Gasteiger partial charge >= 0.3 is 5.97 Å². The molecule has 2 rings (SSSR count). The summed E-state index contributed by atoms with van der Waals surface area (Å²) < 4.78 is 4.67. The van der Waals surface area contributed by atoms with E-state index in [2.05, 4.69) is 28.9 Å². The molecule has 18 heavy (non-hydrogen) atoms. The fourth-order valence-electron chi connectivity index (χ4n) is 2.67. The van der Waals surface area contributed by atoms with Gasteiger partial charge < -0.3 is 15.0 Å². The lowest BCUT2D eigenvalue weighted by molar-refractivity contribution is 0.0594. The van der Waals surface area contributed by atoms with Gasteiger partial charge in [0.2, 0.25) is 0 Å². The second kappa shape index (κ2) is 5.57. The van der Waals surface area contributed by atoms with E-state index in [1.54, 1.807) is 6.07 Å². The molecular formula is C14H22N2O2. The second-order valence-corrected chi connectivity index (χ2v) is 5.29. The zero-order chi connectivity index (χ0) is 13.1. The van der Waals surface area contributed by atoms with Crippen molar-refractivity contribution >= 4 is 5.97 Å². The van der Waals surface area contributed by atoms with Crippen molar-refractivity contribution in [3.8, 4) is 0 Å². The van der Waals surface area contributed by atoms with E-state index < -0.39 is 0 Å². The number of hydrogen-bond donors (Lipinski definition) is 2. The number of carbonyl (C=O) groups excluding carboxylic acids is 1. The van der Waals surface area contributed by atoms with Crippen molar-refractivity contribution in [3.05, 3.63) is 23.5 Å². The number of esters is 1. The van der Waals surface area contributed by atoms with Crippen molar-refractivity contribution in [2.45, 2.75) is 39.3 Å². The monoisotopic (exact) mass is 250 g/mol. The van der Waals surface area contributed by atoms with E-state index >= 15 is 0 Å². The molecule has 0 spiro atoms. The minimum atomic E-state index is -0.316. The average Bonchev–Trinajstić information content (AvgIpc) is 2.96. The third-order valence-electron chi connectivity index (χ3n) is 4.17. The van der Waals surface area contributed by atoms with Crippen LogP contribution in [0.2, 0.25) is 0 Å². The fourth-order valence-corrected chi connectivity index (χ4v) is 2.67. The van der Waals surface area contributed by atoms with Gasteiger partial charge in [-0.05, 0) is 36.8 Å². The molecule has 0 amide bonds. The summed E-state index contributed by atoms with van der Waals surface area (Å²) >= 11 is 0. The van der Waals surface area contributed by atoms with Crippen LogP contribution in [0.25, 0.3) is 0 Å². The molecule has 0 radical (unpaired) electrons. The highest BCUT2D eigenvalue weighted by molar-refractivity contribution is 5.87. The summed E-state index contributed by atoms with van der Waals surface area (Å²) in [5.74, 6) is 1.21. The van der Waals surface area contributed by atoms with Crippen molar-refractivity contribution in [2.75, 3.05) is 7.11 Å². The summed E-state index contributed by atoms with van der Waals surface area (Å²) in [6.45, 7) is 5.40. The first-order valence-corrected chi connectivity index (χ1v) is 6.61. The van der Waals surface area contributed by atoms with Crippen molar-refractivity contribution in [1.29, 1.82) is 0 Å². The molecule has 0 aliphatic heterocycles. The number of hydrogen-bond acceptors (Lipinski definition) is 3. The number of nitrogens with one attached hydrogen (secondary N) is 2. The molecule has 4 nitrogen and oxygen atoms in total. The zero-order valence-electron chi connectivity index (χ0n) is 11.3. The normalized spacial score (nSPS) is 27.4. The van der Waals surface area contributed by atoms with Crippen molar-refractivity contribution in [3.63, 3.8) is 0 Å². The number of H-pyrrole nitrogens is 1. The third-order valence-corrected chi connectivity index (χ3v) is 4.17. The van der Waals surface area contributed by atoms with E-state index in [-0.39, 0.29) is 5.97 Å². The van der Waals surface area contributed by atoms with E-state index in [1.165, 1.54) is 20.0 Å². The van der Waals surface area contributed by atoms with Crippen LogP contribution in [0.3, 0.4) is 0 Å². The number of rotatable bonds is 4. The van der Waals surface area contributed by atoms with Gasteiger partial charge in [-0.3, -0.25) is 0 Å². The summed E-state index contributed by atoms with van der Waals surface area (Å²) in [4.78, 5) is 14.4. The number of ether oxygens (including phenoxy) is 1. The molecule has 1 aliphatic carbocycles. The summed E-state index contributed by atoms with van der Waals surface area (Å²) in [6, 6.07) is 4.29. The summed E-state index contributed by atoms with van der Waals surface area (Å²) in [6.07, 6.45) is 2.55. The minimum absolute atomic E-state index is 0.316. The molecule has 1 aromatic heterocycles. The molecule has 1 heterocycles. The number of carbonyl (C=O) groups is 1. The maximum Gasteiger partial charge on any atom is 0.354 e. The number of methoxy groups -OCH3 is 1. The lowest BCUT2D eigenvalue weighted by Gasteiger charge is -2.19. The highest BCUT2D eigenvalue weighted by Gasteiger charge is 2.29. The largest absolute Gasteiger partial charge is 0.464 e. The smallest absolute Gasteiger partial charge is 0.354 e. The molecule has 0 aromatic carbocycles. The molecule has 2 N–H and O–H groups in total. The number of aromatic nitrogens is 1. The van der Waals surface area contributed by atoms with Gasteiger partial charge in [-0.25, -0.2) is 4.79 Å². The fraction of sp³-hybridized carbons (Fsp3) is 0.643. The summed E-state index contributed by atoms with van der Waals surface area (Å²) in [5.41, 5.74) is 1.55. The predicted molar refractivity (Wildman–Crippen MR) is 70.3 cm³/mol. The van der Waals surface area contributed by atoms with Crippen LogP contribution in [0.15, 0.2) is 12.1 Å². The first-order chi connectivity index (χ1) is 8.61. The Hall–Kier alpha value is -1.29. The van der Waals surface area contributed by atoms with Gasteiger partial charge in [-0.2, -0.15) is 0 Å². The van der Waals surface area contributed by atoms with Crippen LogP contribution in [0.4, 0.5) is 0 Å². The summed E-state index contributed by atoms with van der Waals surface area (Å²) in [5, 5.41) is 3.56. The van der Waals surface area contributed by atoms with Crippen LogP contribution in [0.5, 0.6) is 0 Å². The Morgan fingerprint density at radius 2 is 2.22 bits per heavy atom. The van der Waals surface area contributed by atoms with Gasteiger partial charge in [-0.15, -0.1) is 0 Å². The van der Waals surface area contributed by atoms with Gasteiger partial charge in [0.15, 0.2) is 0 Å². The van der Waals surface area contributed by atoms with Crippen molar-refractivity contribution in [1.82, 2.24) is 10.3 Å². The molecule has 100 valence electrons. The first kappa shape index (κ1) is 13.1. The Balaban J connectivity index is 1.87. The minimum Gasteiger partial charge on any atom is -0.464 e. The molecule has 4 heteroatoms. The molecule has 3 atom stereocenters. The highest BCUT2D eigenvalue weighted by Crippen LogP contribution is 2.31. The zero-order valence-corrected chi connectivity index (χ0v) is 11.3. The van der Waals surface area contributed by atoms with Gasteiger partial charge in [-0.1, -0.05) is 13.8 Å². The topological polar surface area (TPSA) is 54.1 Å². The Morgan fingerprint density at radius 1 is 1.44 bits per heavy atom. The van der Waals surface area contributed by atoms with Crippen LogP contribution in [-0.4, -0.2) is 24.1 Å². The Kier molecular flexibility index (Phi) is 4.07. The first-order valence-electron chi connectivity index (χ1n) is 6.61. The standard InChI is InChI=1S/C14H22N2O2/c1-9-4-6-12(10(9)2)15-8-11-5-7-13(16-11)14(17)18-3/h5,7,9-10,12,15-16H,4,6,8H2,1-3H3. The predicted octanol–water partition coefficient (Wildman–Crippen LogP) is 2.33. The van der Waals surface area contributed by atoms with Crippen LogP contribution in [0, 0.1) is 11.8 Å². The molecule has 1 saturated carbocycles. The second-order valence-electron chi connectivity index (χ2n) is 5.29. The van der Waals surface area contributed by atoms with E-state index in [4.69, 9.17) is 0 Å². The lowest BCUT2D eigenvalue weighted by Crippen LogP contribution is -2.32. The Labute approximate surface area is 108 Å². The molecular weight excluding hydrogens is 228 g/mol. The molecule has 1 fully saturated rings. The summed E-state index contributed by atoms with van der Waals surface area (Å²) in [7, 11) is 1.39. The average molecular weight is 250 g/mol. The van der Waals surface area contributed by atoms with Crippen LogP contribution in [0.1, 0.15) is 42.9 Å². The Bertz CT molecular complexity index is 414. The van der Waals surface area contributed by atoms with Gasteiger partial charge in [0.05, 0.1) is 7.11 Å². The van der Waals surface area contributed by atoms with Gasteiger partial charge in [0.25, 0.3) is 0 Å². The van der Waals surface area contributed by atoms with Gasteiger partial charge in [0.1, 0.15) is 5.69 Å². The lowest BCUT2D eigenvalue weighted by atomic mass is 9.98. The van der Waals surface area contributed by atoms with Crippen LogP contribution in [-0.2, 0) is 11.3 Å². The van der Waals surface area contributed by atoms with E-state index in [9.17, 15) is 4.79 Å². The van der Waals surface area contributed by atoms with E-state index in [0.717, 1.165) is 24.1 Å². The van der Waals surface area contributed by atoms with E-state index in [1.807, 2.05) is 6.07 Å². The van der Waals surface area contributed by atoms with Crippen molar-refractivity contribution in [2.24, 2.45) is 11.8 Å².